The van der Waals surface area contributed by atoms with Crippen molar-refractivity contribution in [2.75, 3.05) is 26.2 Å². The van der Waals surface area contributed by atoms with Crippen molar-refractivity contribution >= 4 is 29.8 Å². The number of carboxylic acids is 1. The number of hydrogen-bond donors (Lipinski definition) is 4. The van der Waals surface area contributed by atoms with Gasteiger partial charge in [-0.25, -0.2) is 19.2 Å². The maximum atomic E-state index is 13.3. The Labute approximate surface area is 276 Å². The van der Waals surface area contributed by atoms with Crippen LogP contribution in [0.3, 0.4) is 0 Å². The van der Waals surface area contributed by atoms with Gasteiger partial charge >= 0.3 is 24.0 Å². The quantitative estimate of drug-likeness (QED) is 0.0746. The van der Waals surface area contributed by atoms with E-state index < -0.39 is 52.9 Å². The molecule has 14 heteroatoms. The van der Waals surface area contributed by atoms with E-state index in [-0.39, 0.29) is 37.9 Å². The third-order valence-corrected chi connectivity index (χ3v) is 7.85. The van der Waals surface area contributed by atoms with Crippen molar-refractivity contribution in [2.24, 2.45) is 11.5 Å². The Bertz CT molecular complexity index is 1280. The Morgan fingerprint density at radius 2 is 1.55 bits per heavy atom. The van der Waals surface area contributed by atoms with E-state index in [9.17, 15) is 24.3 Å². The Hall–Kier alpha value is -3.91. The summed E-state index contributed by atoms with van der Waals surface area (Å²) in [7, 11) is 0. The molecule has 3 rings (SSSR count). The van der Waals surface area contributed by atoms with Crippen LogP contribution < -0.4 is 16.2 Å². The van der Waals surface area contributed by atoms with Crippen LogP contribution in [0.5, 0.6) is 5.75 Å². The number of carbonyl (C=O) groups excluding carboxylic acids is 3. The monoisotopic (exact) mass is 661 g/mol. The number of cyclic esters (lactones) is 1. The number of amides is 1. The second-order valence-electron chi connectivity index (χ2n) is 14.3. The van der Waals surface area contributed by atoms with E-state index in [0.717, 1.165) is 32.4 Å². The lowest BCUT2D eigenvalue weighted by atomic mass is 9.91. The molecule has 1 aromatic rings. The summed E-state index contributed by atoms with van der Waals surface area (Å²) < 4.78 is 22.3. The van der Waals surface area contributed by atoms with Gasteiger partial charge in [0.2, 0.25) is 5.54 Å². The summed E-state index contributed by atoms with van der Waals surface area (Å²) in [4.78, 5) is 54.4. The maximum Gasteiger partial charge on any atom is 0.411 e. The summed E-state index contributed by atoms with van der Waals surface area (Å²) in [5, 5.41) is 17.9. The summed E-state index contributed by atoms with van der Waals surface area (Å²) in [6, 6.07) is 5.08. The molecule has 2 aliphatic rings. The number of nitrogens with zero attached hydrogens (tertiary/aromatic N) is 2. The molecule has 2 aliphatic heterocycles. The molecule has 0 bridgehead atoms. The number of aliphatic carboxylic acids is 1. The van der Waals surface area contributed by atoms with E-state index in [4.69, 9.17) is 35.8 Å². The summed E-state index contributed by atoms with van der Waals surface area (Å²) in [5.74, 6) is -2.67. The minimum Gasteiger partial charge on any atom is -0.490 e. The van der Waals surface area contributed by atoms with Gasteiger partial charge < -0.3 is 35.5 Å². The van der Waals surface area contributed by atoms with E-state index in [2.05, 4.69) is 4.90 Å². The van der Waals surface area contributed by atoms with Gasteiger partial charge in [0.25, 0.3) is 0 Å². The number of carbonyl (C=O) groups is 4. The van der Waals surface area contributed by atoms with Crippen LogP contribution in [-0.4, -0.2) is 106 Å². The number of rotatable bonds is 14. The predicted octanol–water partition coefficient (Wildman–Crippen LogP) is 2.83. The molecular weight excluding hydrogens is 610 g/mol. The van der Waals surface area contributed by atoms with Crippen LogP contribution in [-0.2, 0) is 35.0 Å². The standard InChI is InChI=1S/C33H51N5O9/c1-31(2,3)46-27(39)25(15-14-24(26(34)35)37-16-8-7-9-17-37)38-19-23(45-30(38)43)20-44-22-12-10-21(11-13-22)18-33(36,28(40)41)29(42)47-32(4,5)6/h10-13,23-25H,7-9,14-20,36H2,1-6H3,(H3,34,35)(H,40,41). The van der Waals surface area contributed by atoms with E-state index in [0.29, 0.717) is 17.7 Å². The molecule has 4 atom stereocenters. The second-order valence-corrected chi connectivity index (χ2v) is 14.3. The van der Waals surface area contributed by atoms with Gasteiger partial charge in [-0.1, -0.05) is 18.6 Å². The summed E-state index contributed by atoms with van der Waals surface area (Å²) in [5.41, 5.74) is 8.46. The molecular formula is C33H51N5O9. The van der Waals surface area contributed by atoms with Crippen molar-refractivity contribution in [1.29, 1.82) is 5.41 Å². The third kappa shape index (κ3) is 10.8. The minimum absolute atomic E-state index is 0.0136. The number of piperidine rings is 1. The minimum atomic E-state index is -2.28. The predicted molar refractivity (Wildman–Crippen MR) is 173 cm³/mol. The van der Waals surface area contributed by atoms with Gasteiger partial charge in [-0.05, 0) is 98.0 Å². The van der Waals surface area contributed by atoms with Crippen molar-refractivity contribution in [3.05, 3.63) is 29.8 Å². The Morgan fingerprint density at radius 1 is 0.979 bits per heavy atom. The van der Waals surface area contributed by atoms with Crippen LogP contribution in [0, 0.1) is 5.41 Å². The van der Waals surface area contributed by atoms with Gasteiger partial charge in [0.05, 0.1) is 12.6 Å². The number of likely N-dealkylation sites (tertiary alicyclic amines) is 1. The molecule has 2 fully saturated rings. The number of esters is 2. The molecule has 0 radical (unpaired) electrons. The van der Waals surface area contributed by atoms with Crippen molar-refractivity contribution in [1.82, 2.24) is 9.80 Å². The average molecular weight is 662 g/mol. The zero-order chi connectivity index (χ0) is 35.2. The van der Waals surface area contributed by atoms with Crippen molar-refractivity contribution < 1.29 is 43.2 Å². The van der Waals surface area contributed by atoms with Gasteiger partial charge in [-0.3, -0.25) is 15.2 Å². The highest BCUT2D eigenvalue weighted by Crippen LogP contribution is 2.25. The number of hydrogen-bond acceptors (Lipinski definition) is 11. The average Bonchev–Trinajstić information content (AvgIpc) is 3.32. The molecule has 14 nitrogen and oxygen atoms in total. The first-order valence-corrected chi connectivity index (χ1v) is 16.0. The normalized spacial score (nSPS) is 20.0. The Kier molecular flexibility index (Phi) is 12.2. The number of ether oxygens (including phenoxy) is 4. The molecule has 2 saturated heterocycles. The lowest BCUT2D eigenvalue weighted by molar-refractivity contribution is -0.169. The number of carboxylic acid groups (broad SMARTS) is 1. The summed E-state index contributed by atoms with van der Waals surface area (Å²) in [6.45, 7) is 11.9. The fraction of sp³-hybridized carbons (Fsp3) is 0.667. The molecule has 47 heavy (non-hydrogen) atoms. The third-order valence-electron chi connectivity index (χ3n) is 7.85. The molecule has 262 valence electrons. The lowest BCUT2D eigenvalue weighted by Crippen LogP contribution is -2.58. The topological polar surface area (TPSA) is 208 Å². The molecule has 4 unspecified atom stereocenters. The first kappa shape index (κ1) is 37.5. The summed E-state index contributed by atoms with van der Waals surface area (Å²) in [6.07, 6.45) is 2.14. The molecule has 1 amide bonds. The maximum absolute atomic E-state index is 13.3. The highest BCUT2D eigenvalue weighted by atomic mass is 16.6. The fourth-order valence-corrected chi connectivity index (χ4v) is 5.55. The number of nitrogens with one attached hydrogen (secondary N) is 1. The molecule has 0 saturated carbocycles. The van der Waals surface area contributed by atoms with Crippen molar-refractivity contribution in [3.63, 3.8) is 0 Å². The first-order valence-electron chi connectivity index (χ1n) is 16.0. The molecule has 6 N–H and O–H groups in total. The number of benzene rings is 1. The van der Waals surface area contributed by atoms with Crippen LogP contribution in [0.4, 0.5) is 4.79 Å². The largest absolute Gasteiger partial charge is 0.490 e. The molecule has 0 aliphatic carbocycles. The second kappa shape index (κ2) is 15.3. The zero-order valence-electron chi connectivity index (χ0n) is 28.4. The van der Waals surface area contributed by atoms with Gasteiger partial charge in [0, 0.05) is 6.42 Å². The SMILES string of the molecule is CC(C)(C)OC(=O)C(CCC(C(=N)N)N1CCCCC1)N1CC(COc2ccc(CC(N)(C(=O)O)C(=O)OC(C)(C)C)cc2)OC1=O. The highest BCUT2D eigenvalue weighted by molar-refractivity contribution is 6.04. The summed E-state index contributed by atoms with van der Waals surface area (Å²) >= 11 is 0. The Balaban J connectivity index is 1.65. The highest BCUT2D eigenvalue weighted by Gasteiger charge is 2.46. The van der Waals surface area contributed by atoms with Crippen molar-refractivity contribution in [3.8, 4) is 5.75 Å². The van der Waals surface area contributed by atoms with Crippen molar-refractivity contribution in [2.45, 2.75) is 115 Å². The van der Waals surface area contributed by atoms with Crippen LogP contribution in [0.15, 0.2) is 24.3 Å². The molecule has 2 heterocycles. The van der Waals surface area contributed by atoms with E-state index in [1.165, 1.54) is 4.90 Å². The van der Waals surface area contributed by atoms with E-state index in [1.807, 2.05) is 0 Å². The first-order chi connectivity index (χ1) is 21.8. The van der Waals surface area contributed by atoms with E-state index >= 15 is 0 Å². The van der Waals surface area contributed by atoms with Gasteiger partial charge in [0.1, 0.15) is 35.4 Å². The van der Waals surface area contributed by atoms with Crippen LogP contribution in [0.2, 0.25) is 0 Å². The Morgan fingerprint density at radius 3 is 2.09 bits per heavy atom. The van der Waals surface area contributed by atoms with Gasteiger partial charge in [-0.15, -0.1) is 0 Å². The van der Waals surface area contributed by atoms with E-state index in [1.54, 1.807) is 65.8 Å². The zero-order valence-corrected chi connectivity index (χ0v) is 28.4. The lowest BCUT2D eigenvalue weighted by Gasteiger charge is -2.35. The van der Waals surface area contributed by atoms with Gasteiger partial charge in [-0.2, -0.15) is 0 Å². The molecule has 1 aromatic carbocycles. The van der Waals surface area contributed by atoms with Crippen LogP contribution in [0.25, 0.3) is 0 Å². The fourth-order valence-electron chi connectivity index (χ4n) is 5.55. The van der Waals surface area contributed by atoms with Gasteiger partial charge in [0.15, 0.2) is 6.10 Å². The molecule has 0 aromatic heterocycles. The number of amidine groups is 1. The van der Waals surface area contributed by atoms with Crippen LogP contribution in [0.1, 0.15) is 79.2 Å². The molecule has 0 spiro atoms. The van der Waals surface area contributed by atoms with Crippen LogP contribution >= 0.6 is 0 Å². The number of nitrogens with two attached hydrogens (primary N) is 2. The smallest absolute Gasteiger partial charge is 0.411 e.